The number of rotatable bonds is 13. The van der Waals surface area contributed by atoms with Crippen molar-refractivity contribution in [3.05, 3.63) is 0 Å². The molecule has 0 aromatic carbocycles. The van der Waals surface area contributed by atoms with Crippen LogP contribution in [0.2, 0.25) is 0 Å². The summed E-state index contributed by atoms with van der Waals surface area (Å²) in [5.41, 5.74) is -0.110. The smallest absolute Gasteiger partial charge is 0.309 e. The Morgan fingerprint density at radius 1 is 0.684 bits per heavy atom. The summed E-state index contributed by atoms with van der Waals surface area (Å²) in [5.74, 6) is 0.372. The van der Waals surface area contributed by atoms with Crippen LogP contribution in [0.5, 0.6) is 0 Å². The molecule has 2 aliphatic rings. The number of hydrogen-bond acceptors (Lipinski definition) is 6. The fourth-order valence-corrected chi connectivity index (χ4v) is 7.22. The summed E-state index contributed by atoms with van der Waals surface area (Å²) in [6.07, 6.45) is 10.7. The Hall–Kier alpha value is -1.14. The van der Waals surface area contributed by atoms with Crippen LogP contribution in [0.25, 0.3) is 0 Å². The minimum atomic E-state index is -0.0625. The molecule has 1 atom stereocenters. The predicted octanol–water partition coefficient (Wildman–Crippen LogP) is 7.08. The van der Waals surface area contributed by atoms with Crippen LogP contribution in [0.15, 0.2) is 0 Å². The first-order chi connectivity index (χ1) is 17.4. The maximum Gasteiger partial charge on any atom is 0.309 e. The van der Waals surface area contributed by atoms with E-state index < -0.39 is 0 Å². The highest BCUT2D eigenvalue weighted by atomic mass is 16.5. The minimum Gasteiger partial charge on any atom is -0.462 e. The van der Waals surface area contributed by atoms with Crippen LogP contribution in [0.1, 0.15) is 146 Å². The van der Waals surface area contributed by atoms with Gasteiger partial charge in [-0.15, -0.1) is 0 Å². The van der Waals surface area contributed by atoms with E-state index in [1.165, 1.54) is 0 Å². The molecule has 0 aromatic rings. The summed E-state index contributed by atoms with van der Waals surface area (Å²) in [5, 5.41) is 7.30. The average molecular weight is 537 g/mol. The quantitative estimate of drug-likeness (QED) is 0.193. The number of piperidine rings is 2. The van der Waals surface area contributed by atoms with Gasteiger partial charge in [-0.3, -0.25) is 9.59 Å². The van der Waals surface area contributed by atoms with Crippen LogP contribution < -0.4 is 10.6 Å². The molecule has 0 bridgehead atoms. The fraction of sp³-hybridized carbons (Fsp3) is 0.938. The molecule has 38 heavy (non-hydrogen) atoms. The molecule has 0 radical (unpaired) electrons. The Morgan fingerprint density at radius 2 is 1.11 bits per heavy atom. The van der Waals surface area contributed by atoms with Crippen molar-refractivity contribution in [2.75, 3.05) is 0 Å². The van der Waals surface area contributed by atoms with E-state index in [1.807, 2.05) is 0 Å². The molecular formula is C32H60N2O4. The lowest BCUT2D eigenvalue weighted by molar-refractivity contribution is -0.159. The van der Waals surface area contributed by atoms with Gasteiger partial charge < -0.3 is 20.1 Å². The van der Waals surface area contributed by atoms with E-state index in [2.05, 4.69) is 79.9 Å². The lowest BCUT2D eigenvalue weighted by Gasteiger charge is -2.46. The van der Waals surface area contributed by atoms with Crippen LogP contribution in [0.4, 0.5) is 0 Å². The van der Waals surface area contributed by atoms with Crippen molar-refractivity contribution < 1.29 is 19.1 Å². The van der Waals surface area contributed by atoms with E-state index in [0.29, 0.717) is 12.3 Å². The van der Waals surface area contributed by atoms with Gasteiger partial charge in [-0.05, 0) is 80.6 Å². The summed E-state index contributed by atoms with van der Waals surface area (Å²) in [7, 11) is 0. The molecule has 0 aliphatic carbocycles. The van der Waals surface area contributed by atoms with E-state index in [1.54, 1.807) is 0 Å². The van der Waals surface area contributed by atoms with Crippen LogP contribution in [0.3, 0.4) is 0 Å². The number of esters is 2. The van der Waals surface area contributed by atoms with Crippen molar-refractivity contribution in [1.82, 2.24) is 10.6 Å². The molecule has 2 aliphatic heterocycles. The van der Waals surface area contributed by atoms with E-state index >= 15 is 0 Å². The molecule has 6 heteroatoms. The molecule has 2 fully saturated rings. The van der Waals surface area contributed by atoms with Gasteiger partial charge in [0, 0.05) is 54.3 Å². The van der Waals surface area contributed by atoms with E-state index in [0.717, 1.165) is 70.6 Å². The molecule has 1 unspecified atom stereocenters. The Bertz CT molecular complexity index is 739. The maximum absolute atomic E-state index is 13.2. The number of hydrogen-bond donors (Lipinski definition) is 2. The lowest BCUT2D eigenvalue weighted by atomic mass is 9.81. The van der Waals surface area contributed by atoms with Gasteiger partial charge in [0.2, 0.25) is 0 Å². The highest BCUT2D eigenvalue weighted by Crippen LogP contribution is 2.32. The lowest BCUT2D eigenvalue weighted by Crippen LogP contribution is -2.59. The fourth-order valence-electron chi connectivity index (χ4n) is 7.22. The molecular weight excluding hydrogens is 476 g/mol. The van der Waals surface area contributed by atoms with Crippen molar-refractivity contribution in [2.45, 2.75) is 181 Å². The summed E-state index contributed by atoms with van der Waals surface area (Å²) in [4.78, 5) is 25.6. The SMILES string of the molecule is CC(C)CC(CCCCCCCC(=O)OC1CC(C)(C)NC(C)(C)C1)C(=O)OC1CC(C)(C)NC(C)(C)C1. The number of nitrogens with one attached hydrogen (secondary N) is 2. The molecule has 2 saturated heterocycles. The predicted molar refractivity (Wildman–Crippen MR) is 156 cm³/mol. The largest absolute Gasteiger partial charge is 0.462 e. The molecule has 2 heterocycles. The first kappa shape index (κ1) is 33.1. The number of ether oxygens (including phenoxy) is 2. The highest BCUT2D eigenvalue weighted by molar-refractivity contribution is 5.72. The summed E-state index contributed by atoms with van der Waals surface area (Å²) < 4.78 is 11.9. The van der Waals surface area contributed by atoms with Gasteiger partial charge >= 0.3 is 11.9 Å². The third-order valence-electron chi connectivity index (χ3n) is 7.91. The van der Waals surface area contributed by atoms with Crippen LogP contribution >= 0.6 is 0 Å². The normalized spacial score (nSPS) is 23.7. The van der Waals surface area contributed by atoms with Crippen molar-refractivity contribution in [2.24, 2.45) is 11.8 Å². The Labute approximate surface area is 234 Å². The van der Waals surface area contributed by atoms with Crippen molar-refractivity contribution in [1.29, 1.82) is 0 Å². The Kier molecular flexibility index (Phi) is 11.7. The first-order valence-electron chi connectivity index (χ1n) is 15.4. The second kappa shape index (κ2) is 13.5. The van der Waals surface area contributed by atoms with E-state index in [9.17, 15) is 9.59 Å². The van der Waals surface area contributed by atoms with Gasteiger partial charge in [0.1, 0.15) is 12.2 Å². The molecule has 0 spiro atoms. The zero-order valence-electron chi connectivity index (χ0n) is 26.4. The summed E-state index contributed by atoms with van der Waals surface area (Å²) in [6.45, 7) is 21.8. The topological polar surface area (TPSA) is 76.7 Å². The monoisotopic (exact) mass is 536 g/mol. The summed E-state index contributed by atoms with van der Waals surface area (Å²) >= 11 is 0. The number of carbonyl (C=O) groups excluding carboxylic acids is 2. The van der Waals surface area contributed by atoms with Gasteiger partial charge in [0.05, 0.1) is 5.92 Å². The zero-order valence-corrected chi connectivity index (χ0v) is 26.4. The number of unbranched alkanes of at least 4 members (excludes halogenated alkanes) is 4. The molecule has 0 amide bonds. The number of carbonyl (C=O) groups is 2. The molecule has 0 aromatic heterocycles. The third-order valence-corrected chi connectivity index (χ3v) is 7.91. The first-order valence-corrected chi connectivity index (χ1v) is 15.4. The van der Waals surface area contributed by atoms with E-state index in [-0.39, 0.29) is 52.2 Å². The minimum absolute atomic E-state index is 0.00610. The van der Waals surface area contributed by atoms with Crippen LogP contribution in [-0.4, -0.2) is 46.3 Å². The van der Waals surface area contributed by atoms with Crippen molar-refractivity contribution in [3.63, 3.8) is 0 Å². The Morgan fingerprint density at radius 3 is 1.58 bits per heavy atom. The second-order valence-corrected chi connectivity index (χ2v) is 15.4. The average Bonchev–Trinajstić information content (AvgIpc) is 2.66. The standard InChI is InChI=1S/C32H60N2O4/c1-23(2)18-24(28(36)38-26-21-31(7,8)34-32(9,10)22-26)16-14-12-11-13-15-17-27(35)37-25-19-29(3,4)33-30(5,6)20-25/h23-26,33-34H,11-22H2,1-10H3. The zero-order chi connectivity index (χ0) is 28.8. The molecule has 6 nitrogen and oxygen atoms in total. The van der Waals surface area contributed by atoms with Gasteiger partial charge in [0.15, 0.2) is 0 Å². The molecule has 2 rings (SSSR count). The molecule has 2 N–H and O–H groups in total. The van der Waals surface area contributed by atoms with Gasteiger partial charge in [-0.1, -0.05) is 39.5 Å². The Balaban J connectivity index is 1.68. The summed E-state index contributed by atoms with van der Waals surface area (Å²) in [6, 6.07) is 0. The molecule has 0 saturated carbocycles. The van der Waals surface area contributed by atoms with Crippen LogP contribution in [-0.2, 0) is 19.1 Å². The molecule has 222 valence electrons. The second-order valence-electron chi connectivity index (χ2n) is 15.4. The highest BCUT2D eigenvalue weighted by Gasteiger charge is 2.40. The van der Waals surface area contributed by atoms with Gasteiger partial charge in [0.25, 0.3) is 0 Å². The third kappa shape index (κ3) is 12.4. The van der Waals surface area contributed by atoms with Crippen molar-refractivity contribution >= 4 is 11.9 Å². The maximum atomic E-state index is 13.2. The van der Waals surface area contributed by atoms with Crippen molar-refractivity contribution in [3.8, 4) is 0 Å². The van der Waals surface area contributed by atoms with Crippen LogP contribution in [0, 0.1) is 11.8 Å². The van der Waals surface area contributed by atoms with Gasteiger partial charge in [-0.25, -0.2) is 0 Å². The van der Waals surface area contributed by atoms with Gasteiger partial charge in [-0.2, -0.15) is 0 Å². The van der Waals surface area contributed by atoms with E-state index in [4.69, 9.17) is 9.47 Å².